The fourth-order valence-corrected chi connectivity index (χ4v) is 4.31. The standard InChI is InChI=1S/C27H29FN2O3/c1-32-25-12-6-20(7-13-25)19-29-16-14-23(15-17-29)30(24-4-3-5-26(18-24)33-2)27(31)21-8-10-22(28)11-9-21/h3-13,18,23H,14-17,19H2,1-2H3. The number of amides is 1. The molecule has 3 aromatic rings. The van der Waals surface area contributed by atoms with Crippen molar-refractivity contribution in [3.05, 3.63) is 89.7 Å². The van der Waals surface area contributed by atoms with E-state index in [1.54, 1.807) is 26.4 Å². The maximum absolute atomic E-state index is 13.5. The van der Waals surface area contributed by atoms with Gasteiger partial charge in [0.05, 0.1) is 14.2 Å². The Labute approximate surface area is 194 Å². The largest absolute Gasteiger partial charge is 0.497 e. The molecule has 0 radical (unpaired) electrons. The van der Waals surface area contributed by atoms with E-state index in [-0.39, 0.29) is 17.8 Å². The third-order valence-electron chi connectivity index (χ3n) is 6.13. The molecule has 6 heteroatoms. The maximum atomic E-state index is 13.5. The second kappa shape index (κ2) is 10.5. The Hall–Kier alpha value is -3.38. The summed E-state index contributed by atoms with van der Waals surface area (Å²) in [6.07, 6.45) is 1.70. The molecule has 33 heavy (non-hydrogen) atoms. The average molecular weight is 449 g/mol. The van der Waals surface area contributed by atoms with Crippen LogP contribution < -0.4 is 14.4 Å². The van der Waals surface area contributed by atoms with Gasteiger partial charge in [-0.25, -0.2) is 4.39 Å². The zero-order valence-electron chi connectivity index (χ0n) is 19.0. The monoisotopic (exact) mass is 448 g/mol. The van der Waals surface area contributed by atoms with Crippen LogP contribution in [0.1, 0.15) is 28.8 Å². The molecule has 0 N–H and O–H groups in total. The molecule has 0 aromatic heterocycles. The highest BCUT2D eigenvalue weighted by molar-refractivity contribution is 6.06. The van der Waals surface area contributed by atoms with E-state index in [2.05, 4.69) is 17.0 Å². The van der Waals surface area contributed by atoms with Crippen molar-refractivity contribution in [3.8, 4) is 11.5 Å². The SMILES string of the molecule is COc1ccc(CN2CCC(N(C(=O)c3ccc(F)cc3)c3cccc(OC)c3)CC2)cc1. The van der Waals surface area contributed by atoms with Crippen molar-refractivity contribution in [1.29, 1.82) is 0 Å². The van der Waals surface area contributed by atoms with E-state index in [9.17, 15) is 9.18 Å². The van der Waals surface area contributed by atoms with E-state index in [1.807, 2.05) is 41.3 Å². The Morgan fingerprint density at radius 1 is 0.939 bits per heavy atom. The third kappa shape index (κ3) is 5.52. The van der Waals surface area contributed by atoms with Gasteiger partial charge >= 0.3 is 0 Å². The van der Waals surface area contributed by atoms with E-state index in [4.69, 9.17) is 9.47 Å². The first-order valence-electron chi connectivity index (χ1n) is 11.2. The summed E-state index contributed by atoms with van der Waals surface area (Å²) in [5, 5.41) is 0. The second-order valence-electron chi connectivity index (χ2n) is 8.24. The van der Waals surface area contributed by atoms with Crippen LogP contribution in [0.15, 0.2) is 72.8 Å². The number of nitrogens with zero attached hydrogens (tertiary/aromatic N) is 2. The zero-order valence-corrected chi connectivity index (χ0v) is 19.0. The first kappa shape index (κ1) is 22.8. The van der Waals surface area contributed by atoms with Crippen molar-refractivity contribution in [1.82, 2.24) is 4.90 Å². The van der Waals surface area contributed by atoms with Crippen LogP contribution in [-0.2, 0) is 6.54 Å². The number of carbonyl (C=O) groups is 1. The fourth-order valence-electron chi connectivity index (χ4n) is 4.31. The lowest BCUT2D eigenvalue weighted by Crippen LogP contribution is -2.47. The number of halogens is 1. The average Bonchev–Trinajstić information content (AvgIpc) is 2.86. The van der Waals surface area contributed by atoms with Gasteiger partial charge in [0, 0.05) is 43.0 Å². The van der Waals surface area contributed by atoms with Crippen LogP contribution in [0.3, 0.4) is 0 Å². The number of ether oxygens (including phenoxy) is 2. The number of anilines is 1. The van der Waals surface area contributed by atoms with Crippen LogP contribution in [0.2, 0.25) is 0 Å². The topological polar surface area (TPSA) is 42.0 Å². The van der Waals surface area contributed by atoms with Gasteiger partial charge in [-0.2, -0.15) is 0 Å². The molecule has 1 aliphatic rings. The van der Waals surface area contributed by atoms with Crippen molar-refractivity contribution >= 4 is 11.6 Å². The Bertz CT molecular complexity index is 1060. The predicted molar refractivity (Wildman–Crippen MR) is 127 cm³/mol. The zero-order chi connectivity index (χ0) is 23.2. The summed E-state index contributed by atoms with van der Waals surface area (Å²) in [6.45, 7) is 2.63. The van der Waals surface area contributed by atoms with Gasteiger partial charge in [0.1, 0.15) is 17.3 Å². The lowest BCUT2D eigenvalue weighted by molar-refractivity contribution is 0.0958. The Kier molecular flexibility index (Phi) is 7.25. The molecule has 1 aliphatic heterocycles. The quantitative estimate of drug-likeness (QED) is 0.501. The molecule has 0 aliphatic carbocycles. The summed E-state index contributed by atoms with van der Waals surface area (Å²) in [4.78, 5) is 17.8. The molecule has 1 fully saturated rings. The van der Waals surface area contributed by atoms with E-state index < -0.39 is 0 Å². The Morgan fingerprint density at radius 3 is 2.24 bits per heavy atom. The van der Waals surface area contributed by atoms with Gasteiger partial charge in [-0.15, -0.1) is 0 Å². The maximum Gasteiger partial charge on any atom is 0.258 e. The van der Waals surface area contributed by atoms with Gasteiger partial charge in [-0.1, -0.05) is 18.2 Å². The number of carbonyl (C=O) groups excluding carboxylic acids is 1. The smallest absolute Gasteiger partial charge is 0.258 e. The summed E-state index contributed by atoms with van der Waals surface area (Å²) in [7, 11) is 3.28. The number of benzene rings is 3. The number of rotatable bonds is 7. The molecule has 0 atom stereocenters. The molecular weight excluding hydrogens is 419 g/mol. The molecule has 1 saturated heterocycles. The third-order valence-corrected chi connectivity index (χ3v) is 6.13. The van der Waals surface area contributed by atoms with Gasteiger partial charge in [0.2, 0.25) is 0 Å². The highest BCUT2D eigenvalue weighted by Crippen LogP contribution is 2.29. The number of likely N-dealkylation sites (tertiary alicyclic amines) is 1. The molecular formula is C27H29FN2O3. The predicted octanol–water partition coefficient (Wildman–Crippen LogP) is 5.15. The van der Waals surface area contributed by atoms with Crippen LogP contribution in [0.25, 0.3) is 0 Å². The number of methoxy groups -OCH3 is 2. The van der Waals surface area contributed by atoms with E-state index in [1.165, 1.54) is 17.7 Å². The molecule has 3 aromatic carbocycles. The minimum Gasteiger partial charge on any atom is -0.497 e. The lowest BCUT2D eigenvalue weighted by atomic mass is 10.00. The van der Waals surface area contributed by atoms with Gasteiger partial charge < -0.3 is 14.4 Å². The van der Waals surface area contributed by atoms with Crippen molar-refractivity contribution in [3.63, 3.8) is 0 Å². The fraction of sp³-hybridized carbons (Fsp3) is 0.296. The summed E-state index contributed by atoms with van der Waals surface area (Å²) in [5.41, 5.74) is 2.50. The van der Waals surface area contributed by atoms with Crippen LogP contribution in [-0.4, -0.2) is 44.2 Å². The molecule has 0 saturated carbocycles. The number of hydrogen-bond acceptors (Lipinski definition) is 4. The van der Waals surface area contributed by atoms with Crippen LogP contribution in [0.4, 0.5) is 10.1 Å². The highest BCUT2D eigenvalue weighted by atomic mass is 19.1. The van der Waals surface area contributed by atoms with Gasteiger partial charge in [-0.05, 0) is 66.9 Å². The number of piperidine rings is 1. The summed E-state index contributed by atoms with van der Waals surface area (Å²) >= 11 is 0. The van der Waals surface area contributed by atoms with Crippen LogP contribution in [0, 0.1) is 5.82 Å². The highest BCUT2D eigenvalue weighted by Gasteiger charge is 2.30. The van der Waals surface area contributed by atoms with E-state index in [0.717, 1.165) is 43.9 Å². The molecule has 0 bridgehead atoms. The first-order chi connectivity index (χ1) is 16.1. The minimum atomic E-state index is -0.355. The molecule has 1 heterocycles. The molecule has 5 nitrogen and oxygen atoms in total. The first-order valence-corrected chi connectivity index (χ1v) is 11.2. The van der Waals surface area contributed by atoms with Crippen molar-refractivity contribution in [2.24, 2.45) is 0 Å². The van der Waals surface area contributed by atoms with E-state index in [0.29, 0.717) is 11.3 Å². The summed E-state index contributed by atoms with van der Waals surface area (Å²) in [5.74, 6) is 1.07. The van der Waals surface area contributed by atoms with Crippen molar-refractivity contribution < 1.29 is 18.7 Å². The van der Waals surface area contributed by atoms with Crippen molar-refractivity contribution in [2.45, 2.75) is 25.4 Å². The molecule has 0 spiro atoms. The molecule has 172 valence electrons. The van der Waals surface area contributed by atoms with Gasteiger partial charge in [0.15, 0.2) is 0 Å². The normalized spacial score (nSPS) is 14.6. The van der Waals surface area contributed by atoms with E-state index >= 15 is 0 Å². The molecule has 1 amide bonds. The van der Waals surface area contributed by atoms with Crippen LogP contribution in [0.5, 0.6) is 11.5 Å². The van der Waals surface area contributed by atoms with Crippen LogP contribution >= 0.6 is 0 Å². The Morgan fingerprint density at radius 2 is 1.61 bits per heavy atom. The second-order valence-corrected chi connectivity index (χ2v) is 8.24. The summed E-state index contributed by atoms with van der Waals surface area (Å²) < 4.78 is 24.1. The molecule has 0 unspecified atom stereocenters. The lowest BCUT2D eigenvalue weighted by Gasteiger charge is -2.38. The summed E-state index contributed by atoms with van der Waals surface area (Å²) in [6, 6.07) is 21.5. The minimum absolute atomic E-state index is 0.0433. The molecule has 4 rings (SSSR count). The van der Waals surface area contributed by atoms with Crippen molar-refractivity contribution in [2.75, 3.05) is 32.2 Å². The van der Waals surface area contributed by atoms with Gasteiger partial charge in [0.25, 0.3) is 5.91 Å². The number of hydrogen-bond donors (Lipinski definition) is 0. The Balaban J connectivity index is 1.51. The van der Waals surface area contributed by atoms with Gasteiger partial charge in [-0.3, -0.25) is 9.69 Å².